The second-order valence-electron chi connectivity index (χ2n) is 11.0. The highest BCUT2D eigenvalue weighted by Crippen LogP contribution is 2.33. The number of rotatable bonds is 10. The molecule has 43 heavy (non-hydrogen) atoms. The van der Waals surface area contributed by atoms with Crippen molar-refractivity contribution in [1.82, 2.24) is 9.55 Å². The van der Waals surface area contributed by atoms with Crippen molar-refractivity contribution in [3.8, 4) is 0 Å². The van der Waals surface area contributed by atoms with Crippen molar-refractivity contribution in [3.63, 3.8) is 0 Å². The van der Waals surface area contributed by atoms with E-state index in [0.717, 1.165) is 11.1 Å². The van der Waals surface area contributed by atoms with E-state index in [1.807, 2.05) is 48.9 Å². The topological polar surface area (TPSA) is 17.8 Å². The molecule has 1 heterocycles. The zero-order valence-corrected chi connectivity index (χ0v) is 26.4. The molecule has 0 unspecified atom stereocenters. The molecule has 0 saturated carbocycles. The van der Waals surface area contributed by atoms with Crippen molar-refractivity contribution in [1.29, 1.82) is 0 Å². The van der Waals surface area contributed by atoms with E-state index in [4.69, 9.17) is 7.85 Å². The lowest BCUT2D eigenvalue weighted by atomic mass is 9.76. The Morgan fingerprint density at radius 1 is 0.674 bits per heavy atom. The maximum atomic E-state index is 6.12. The molecule has 0 amide bonds. The molecule has 1 aromatic heterocycles. The van der Waals surface area contributed by atoms with Gasteiger partial charge < -0.3 is 4.57 Å². The van der Waals surface area contributed by atoms with Gasteiger partial charge in [0, 0.05) is 12.4 Å². The molecule has 6 rings (SSSR count). The van der Waals surface area contributed by atoms with Crippen LogP contribution in [0, 0.1) is 0 Å². The van der Waals surface area contributed by atoms with Crippen molar-refractivity contribution in [2.24, 2.45) is 0 Å². The number of hydrogen-bond acceptors (Lipinski definition) is 1. The summed E-state index contributed by atoms with van der Waals surface area (Å²) < 4.78 is 2.31. The van der Waals surface area contributed by atoms with E-state index in [0.29, 0.717) is 0 Å². The Hall–Kier alpha value is -4.41. The third-order valence-corrected chi connectivity index (χ3v) is 10.6. The summed E-state index contributed by atoms with van der Waals surface area (Å²) >= 11 is 0. The van der Waals surface area contributed by atoms with Gasteiger partial charge in [0.15, 0.2) is 0 Å². The van der Waals surface area contributed by atoms with E-state index in [1.54, 1.807) is 0 Å². The second-order valence-corrected chi connectivity index (χ2v) is 13.2. The smallest absolute Gasteiger partial charge is 0.0965 e. The number of aromatic nitrogens is 2. The lowest BCUT2D eigenvalue weighted by Crippen LogP contribution is -2.46. The molecule has 212 valence electrons. The lowest BCUT2D eigenvalue weighted by molar-refractivity contribution is 0.596. The van der Waals surface area contributed by atoms with Gasteiger partial charge in [-0.05, 0) is 46.5 Å². The molecule has 0 spiro atoms. The number of hydrogen-bond donors (Lipinski definition) is 0. The fourth-order valence-electron chi connectivity index (χ4n) is 5.69. The Kier molecular flexibility index (Phi) is 10.6. The van der Waals surface area contributed by atoms with Gasteiger partial charge in [0.05, 0.1) is 28.9 Å². The van der Waals surface area contributed by atoms with Gasteiger partial charge in [-0.3, -0.25) is 0 Å². The first-order valence-corrected chi connectivity index (χ1v) is 16.6. The third kappa shape index (κ3) is 7.52. The SMILES string of the molecule is CCCCc1ccc([SiH2]C(c2ccccc2)(c2ccccc2)n2ccnc2)cc1.[B]C(c1ccccc1)c1ccccc1. The molecule has 0 atom stereocenters. The zero-order chi connectivity index (χ0) is 29.7. The Bertz CT molecular complexity index is 1530. The molecule has 0 aliphatic carbocycles. The van der Waals surface area contributed by atoms with Crippen LogP contribution < -0.4 is 5.19 Å². The van der Waals surface area contributed by atoms with Crippen molar-refractivity contribution >= 4 is 22.6 Å². The Balaban J connectivity index is 0.000000220. The molecule has 6 aromatic rings. The maximum absolute atomic E-state index is 6.12. The van der Waals surface area contributed by atoms with Gasteiger partial charge in [-0.25, -0.2) is 4.98 Å². The average molecular weight is 575 g/mol. The number of unbranched alkanes of at least 4 members (excludes halogenated alkanes) is 1. The summed E-state index contributed by atoms with van der Waals surface area (Å²) in [6.07, 6.45) is 9.64. The van der Waals surface area contributed by atoms with Crippen LogP contribution in [0.3, 0.4) is 0 Å². The first-order chi connectivity index (χ1) is 21.2. The quantitative estimate of drug-likeness (QED) is 0.156. The number of imidazole rings is 1. The van der Waals surface area contributed by atoms with Crippen molar-refractivity contribution in [3.05, 3.63) is 192 Å². The molecule has 0 saturated heterocycles. The van der Waals surface area contributed by atoms with Crippen LogP contribution in [0.25, 0.3) is 0 Å². The van der Waals surface area contributed by atoms with E-state index in [2.05, 4.69) is 132 Å². The molecule has 0 aliphatic rings. The zero-order valence-electron chi connectivity index (χ0n) is 25.0. The van der Waals surface area contributed by atoms with Crippen LogP contribution in [-0.2, 0) is 11.6 Å². The largest absolute Gasteiger partial charge is 0.326 e. The Labute approximate surface area is 260 Å². The summed E-state index contributed by atoms with van der Waals surface area (Å²) in [6.45, 7) is 2.25. The van der Waals surface area contributed by atoms with Gasteiger partial charge in [0.2, 0.25) is 0 Å². The van der Waals surface area contributed by atoms with Crippen LogP contribution in [0.4, 0.5) is 0 Å². The molecule has 4 heteroatoms. The van der Waals surface area contributed by atoms with Crippen LogP contribution in [0.15, 0.2) is 164 Å². The van der Waals surface area contributed by atoms with E-state index < -0.39 is 9.52 Å². The highest BCUT2D eigenvalue weighted by molar-refractivity contribution is 6.57. The Morgan fingerprint density at radius 2 is 1.16 bits per heavy atom. The summed E-state index contributed by atoms with van der Waals surface area (Å²) in [6, 6.07) is 51.4. The van der Waals surface area contributed by atoms with Gasteiger partial charge in [0.25, 0.3) is 0 Å². The summed E-state index contributed by atoms with van der Waals surface area (Å²) in [7, 11) is 5.33. The molecule has 0 aliphatic heterocycles. The predicted molar refractivity (Wildman–Crippen MR) is 185 cm³/mol. The monoisotopic (exact) mass is 574 g/mol. The van der Waals surface area contributed by atoms with Crippen LogP contribution in [0.5, 0.6) is 0 Å². The van der Waals surface area contributed by atoms with Crippen molar-refractivity contribution < 1.29 is 0 Å². The number of benzene rings is 5. The number of aryl methyl sites for hydroxylation is 1. The van der Waals surface area contributed by atoms with Gasteiger partial charge >= 0.3 is 0 Å². The summed E-state index contributed by atoms with van der Waals surface area (Å²) in [5.74, 6) is -0.0163. The molecule has 0 N–H and O–H groups in total. The minimum Gasteiger partial charge on any atom is -0.326 e. The number of nitrogens with zero attached hydrogens (tertiary/aromatic N) is 2. The maximum Gasteiger partial charge on any atom is 0.0965 e. The van der Waals surface area contributed by atoms with Crippen LogP contribution >= 0.6 is 0 Å². The fraction of sp³-hybridized carbons (Fsp3) is 0.154. The first kappa shape index (κ1) is 30.1. The first-order valence-electron chi connectivity index (χ1n) is 15.2. The van der Waals surface area contributed by atoms with Crippen molar-refractivity contribution in [2.45, 2.75) is 37.2 Å². The predicted octanol–water partition coefficient (Wildman–Crippen LogP) is 7.41. The fourth-order valence-corrected chi connectivity index (χ4v) is 8.00. The van der Waals surface area contributed by atoms with Gasteiger partial charge in [0.1, 0.15) is 0 Å². The van der Waals surface area contributed by atoms with E-state index >= 15 is 0 Å². The van der Waals surface area contributed by atoms with Gasteiger partial charge in [-0.1, -0.05) is 164 Å². The van der Waals surface area contributed by atoms with Crippen molar-refractivity contribution in [2.75, 3.05) is 0 Å². The van der Waals surface area contributed by atoms with Gasteiger partial charge in [-0.15, -0.1) is 0 Å². The summed E-state index contributed by atoms with van der Waals surface area (Å²) in [5.41, 5.74) is 6.39. The average Bonchev–Trinajstić information content (AvgIpc) is 3.64. The molecule has 0 fully saturated rings. The molecule has 2 nitrogen and oxygen atoms in total. The molecule has 2 radical (unpaired) electrons. The van der Waals surface area contributed by atoms with Crippen LogP contribution in [0.1, 0.15) is 53.4 Å². The van der Waals surface area contributed by atoms with Crippen LogP contribution in [0.2, 0.25) is 0 Å². The minimum atomic E-state index is -0.782. The van der Waals surface area contributed by atoms with E-state index in [-0.39, 0.29) is 11.0 Å². The normalized spacial score (nSPS) is 11.4. The Morgan fingerprint density at radius 3 is 1.60 bits per heavy atom. The van der Waals surface area contributed by atoms with E-state index in [9.17, 15) is 0 Å². The molecular formula is C39H39BN2Si. The molecule has 5 aromatic carbocycles. The second kappa shape index (κ2) is 15.2. The molecule has 0 bridgehead atoms. The highest BCUT2D eigenvalue weighted by atomic mass is 28.2. The molecular weight excluding hydrogens is 535 g/mol. The standard InChI is InChI=1S/C26H28N2Si.C13H11B/c1-2-3-10-22-15-17-25(18-16-22)29-26(28-20-19-27-21-28,23-11-6-4-7-12-23)24-13-8-5-9-14-24;14-13(11-7-3-1-4-8-11)12-9-5-2-6-10-12/h4-9,11-21H,2-3,10,29H2,1H3;1-10,13H. The van der Waals surface area contributed by atoms with Crippen LogP contribution in [-0.4, -0.2) is 26.9 Å². The summed E-state index contributed by atoms with van der Waals surface area (Å²) in [5, 5.41) is 1.26. The van der Waals surface area contributed by atoms with Gasteiger partial charge in [-0.2, -0.15) is 0 Å². The summed E-state index contributed by atoms with van der Waals surface area (Å²) in [4.78, 5) is 4.41. The lowest BCUT2D eigenvalue weighted by Gasteiger charge is -2.37. The minimum absolute atomic E-state index is 0.0163. The van der Waals surface area contributed by atoms with E-state index in [1.165, 1.54) is 41.1 Å². The highest BCUT2D eigenvalue weighted by Gasteiger charge is 2.36. The third-order valence-electron chi connectivity index (χ3n) is 8.07.